The van der Waals surface area contributed by atoms with Gasteiger partial charge in [-0.3, -0.25) is 14.5 Å². The number of anilines is 1. The average Bonchev–Trinajstić information content (AvgIpc) is 3.05. The number of rotatable bonds is 4. The topological polar surface area (TPSA) is 91.4 Å². The Bertz CT molecular complexity index is 805. The van der Waals surface area contributed by atoms with Crippen LogP contribution >= 0.6 is 11.3 Å². The SMILES string of the molecule is Cc1cnc(NC(=O)CN2C(=O)NC(C)(c3ccccc3)C2=O)s1. The van der Waals surface area contributed by atoms with Gasteiger partial charge in [0.2, 0.25) is 5.91 Å². The zero-order valence-electron chi connectivity index (χ0n) is 13.2. The van der Waals surface area contributed by atoms with E-state index in [4.69, 9.17) is 0 Å². The second-order valence-corrected chi connectivity index (χ2v) is 6.87. The van der Waals surface area contributed by atoms with Crippen molar-refractivity contribution in [3.8, 4) is 0 Å². The number of imide groups is 1. The van der Waals surface area contributed by atoms with Gasteiger partial charge < -0.3 is 10.6 Å². The fourth-order valence-electron chi connectivity index (χ4n) is 2.52. The molecule has 1 aromatic carbocycles. The third-order valence-corrected chi connectivity index (χ3v) is 4.62. The quantitative estimate of drug-likeness (QED) is 0.828. The summed E-state index contributed by atoms with van der Waals surface area (Å²) in [6.07, 6.45) is 1.64. The minimum Gasteiger partial charge on any atom is -0.319 e. The van der Waals surface area contributed by atoms with E-state index in [2.05, 4.69) is 15.6 Å². The summed E-state index contributed by atoms with van der Waals surface area (Å²) in [7, 11) is 0. The smallest absolute Gasteiger partial charge is 0.319 e. The number of nitrogens with zero attached hydrogens (tertiary/aromatic N) is 2. The van der Waals surface area contributed by atoms with E-state index in [0.29, 0.717) is 10.7 Å². The molecule has 2 N–H and O–H groups in total. The van der Waals surface area contributed by atoms with E-state index < -0.39 is 23.4 Å². The molecule has 4 amide bonds. The van der Waals surface area contributed by atoms with Crippen molar-refractivity contribution >= 4 is 34.3 Å². The van der Waals surface area contributed by atoms with Gasteiger partial charge in [-0.1, -0.05) is 30.3 Å². The number of carbonyl (C=O) groups excluding carboxylic acids is 3. The van der Waals surface area contributed by atoms with Crippen LogP contribution in [-0.2, 0) is 15.1 Å². The van der Waals surface area contributed by atoms with Crippen molar-refractivity contribution < 1.29 is 14.4 Å². The molecule has 7 nitrogen and oxygen atoms in total. The maximum absolute atomic E-state index is 12.7. The van der Waals surface area contributed by atoms with Gasteiger partial charge in [0.15, 0.2) is 5.13 Å². The van der Waals surface area contributed by atoms with Gasteiger partial charge in [0.25, 0.3) is 5.91 Å². The fraction of sp³-hybridized carbons (Fsp3) is 0.250. The van der Waals surface area contributed by atoms with E-state index in [1.165, 1.54) is 11.3 Å². The highest BCUT2D eigenvalue weighted by atomic mass is 32.1. The number of benzene rings is 1. The molecule has 1 saturated heterocycles. The number of urea groups is 1. The van der Waals surface area contributed by atoms with Gasteiger partial charge in [-0.2, -0.15) is 0 Å². The molecule has 1 aromatic heterocycles. The average molecular weight is 344 g/mol. The summed E-state index contributed by atoms with van der Waals surface area (Å²) in [5, 5.41) is 5.70. The van der Waals surface area contributed by atoms with Crippen molar-refractivity contribution in [3.05, 3.63) is 47.0 Å². The van der Waals surface area contributed by atoms with Crippen molar-refractivity contribution in [3.63, 3.8) is 0 Å². The first-order valence-electron chi connectivity index (χ1n) is 7.32. The van der Waals surface area contributed by atoms with E-state index in [1.54, 1.807) is 37.4 Å². The number of carbonyl (C=O) groups is 3. The molecule has 0 bridgehead atoms. The third-order valence-electron chi connectivity index (χ3n) is 3.80. The van der Waals surface area contributed by atoms with E-state index in [-0.39, 0.29) is 6.54 Å². The van der Waals surface area contributed by atoms with Crippen LogP contribution in [0.3, 0.4) is 0 Å². The predicted molar refractivity (Wildman–Crippen MR) is 89.5 cm³/mol. The molecule has 1 atom stereocenters. The second kappa shape index (κ2) is 6.04. The lowest BCUT2D eigenvalue weighted by Crippen LogP contribution is -2.42. The summed E-state index contributed by atoms with van der Waals surface area (Å²) in [6, 6.07) is 8.35. The van der Waals surface area contributed by atoms with Crippen LogP contribution < -0.4 is 10.6 Å². The summed E-state index contributed by atoms with van der Waals surface area (Å²) in [5.41, 5.74) is -0.502. The fourth-order valence-corrected chi connectivity index (χ4v) is 3.20. The van der Waals surface area contributed by atoms with E-state index in [0.717, 1.165) is 9.78 Å². The maximum Gasteiger partial charge on any atom is 0.325 e. The highest BCUT2D eigenvalue weighted by molar-refractivity contribution is 7.15. The van der Waals surface area contributed by atoms with Crippen LogP contribution in [0.4, 0.5) is 9.93 Å². The number of aryl methyl sites for hydroxylation is 1. The Morgan fingerprint density at radius 2 is 2.04 bits per heavy atom. The highest BCUT2D eigenvalue weighted by Gasteiger charge is 2.49. The molecule has 1 unspecified atom stereocenters. The van der Waals surface area contributed by atoms with Crippen molar-refractivity contribution in [2.75, 3.05) is 11.9 Å². The Labute approximate surface area is 142 Å². The molecule has 0 saturated carbocycles. The molecule has 0 spiro atoms. The van der Waals surface area contributed by atoms with Crippen molar-refractivity contribution in [1.82, 2.24) is 15.2 Å². The third kappa shape index (κ3) is 2.88. The molecule has 8 heteroatoms. The molecule has 2 heterocycles. The lowest BCUT2D eigenvalue weighted by atomic mass is 9.92. The predicted octanol–water partition coefficient (Wildman–Crippen LogP) is 1.86. The van der Waals surface area contributed by atoms with Crippen LogP contribution in [0.15, 0.2) is 36.5 Å². The van der Waals surface area contributed by atoms with Crippen molar-refractivity contribution in [2.24, 2.45) is 0 Å². The summed E-state index contributed by atoms with van der Waals surface area (Å²) in [4.78, 5) is 42.8. The van der Waals surface area contributed by atoms with Crippen LogP contribution in [0.5, 0.6) is 0 Å². The standard InChI is InChI=1S/C16H16N4O3S/c1-10-8-17-14(24-10)18-12(21)9-20-13(22)16(2,19-15(20)23)11-6-4-3-5-7-11/h3-8H,9H2,1-2H3,(H,19,23)(H,17,18,21). The molecular formula is C16H16N4O3S. The largest absolute Gasteiger partial charge is 0.325 e. The van der Waals surface area contributed by atoms with Crippen LogP contribution in [-0.4, -0.2) is 34.3 Å². The Morgan fingerprint density at radius 1 is 1.33 bits per heavy atom. The van der Waals surface area contributed by atoms with E-state index >= 15 is 0 Å². The number of thiazole rings is 1. The zero-order chi connectivity index (χ0) is 17.3. The van der Waals surface area contributed by atoms with Gasteiger partial charge in [-0.05, 0) is 19.4 Å². The van der Waals surface area contributed by atoms with Gasteiger partial charge in [0.1, 0.15) is 12.1 Å². The lowest BCUT2D eigenvalue weighted by molar-refractivity contribution is -0.133. The minimum absolute atomic E-state index is 0.355. The molecule has 2 aromatic rings. The highest BCUT2D eigenvalue weighted by Crippen LogP contribution is 2.28. The normalized spacial score (nSPS) is 20.2. The van der Waals surface area contributed by atoms with Crippen LogP contribution in [0.2, 0.25) is 0 Å². The lowest BCUT2D eigenvalue weighted by Gasteiger charge is -2.21. The molecular weight excluding hydrogens is 328 g/mol. The first kappa shape index (κ1) is 16.1. The summed E-state index contributed by atoms with van der Waals surface area (Å²) in [6.45, 7) is 3.15. The Morgan fingerprint density at radius 3 is 2.67 bits per heavy atom. The first-order valence-corrected chi connectivity index (χ1v) is 8.14. The molecule has 1 aliphatic heterocycles. The van der Waals surface area contributed by atoms with Gasteiger partial charge in [0.05, 0.1) is 0 Å². The molecule has 0 radical (unpaired) electrons. The number of hydrogen-bond donors (Lipinski definition) is 2. The number of aromatic nitrogens is 1. The Hall–Kier alpha value is -2.74. The molecule has 24 heavy (non-hydrogen) atoms. The monoisotopic (exact) mass is 344 g/mol. The van der Waals surface area contributed by atoms with E-state index in [1.807, 2.05) is 13.0 Å². The first-order chi connectivity index (χ1) is 11.4. The molecule has 124 valence electrons. The number of nitrogens with one attached hydrogen (secondary N) is 2. The van der Waals surface area contributed by atoms with Crippen LogP contribution in [0.1, 0.15) is 17.4 Å². The van der Waals surface area contributed by atoms with Crippen LogP contribution in [0.25, 0.3) is 0 Å². The van der Waals surface area contributed by atoms with E-state index in [9.17, 15) is 14.4 Å². The van der Waals surface area contributed by atoms with Gasteiger partial charge in [-0.25, -0.2) is 9.78 Å². The summed E-state index contributed by atoms with van der Waals surface area (Å²) >= 11 is 1.33. The summed E-state index contributed by atoms with van der Waals surface area (Å²) in [5.74, 6) is -0.922. The zero-order valence-corrected chi connectivity index (χ0v) is 14.0. The Kier molecular flexibility index (Phi) is 4.06. The molecule has 3 rings (SSSR count). The Balaban J connectivity index is 1.74. The van der Waals surface area contributed by atoms with Gasteiger partial charge in [-0.15, -0.1) is 11.3 Å². The van der Waals surface area contributed by atoms with Gasteiger partial charge in [0, 0.05) is 11.1 Å². The number of hydrogen-bond acceptors (Lipinski definition) is 5. The number of amides is 4. The molecule has 1 aliphatic rings. The minimum atomic E-state index is -1.17. The second-order valence-electron chi connectivity index (χ2n) is 5.64. The molecule has 0 aliphatic carbocycles. The maximum atomic E-state index is 12.7. The van der Waals surface area contributed by atoms with Crippen molar-refractivity contribution in [2.45, 2.75) is 19.4 Å². The summed E-state index contributed by atoms with van der Waals surface area (Å²) < 4.78 is 0. The van der Waals surface area contributed by atoms with Crippen molar-refractivity contribution in [1.29, 1.82) is 0 Å². The molecule has 1 fully saturated rings. The van der Waals surface area contributed by atoms with Gasteiger partial charge >= 0.3 is 6.03 Å². The van der Waals surface area contributed by atoms with Crippen LogP contribution in [0, 0.1) is 6.92 Å².